The van der Waals surface area contributed by atoms with Crippen LogP contribution in [0.1, 0.15) is 41.8 Å². The van der Waals surface area contributed by atoms with Gasteiger partial charge in [-0.1, -0.05) is 17.7 Å². The van der Waals surface area contributed by atoms with Crippen LogP contribution in [0.3, 0.4) is 0 Å². The van der Waals surface area contributed by atoms with E-state index in [2.05, 4.69) is 19.9 Å². The van der Waals surface area contributed by atoms with Gasteiger partial charge in [0.15, 0.2) is 5.82 Å². The largest absolute Gasteiger partial charge is 0.471 e. The molecule has 0 bridgehead atoms. The molecule has 3 aromatic heterocycles. The smallest absolute Gasteiger partial charge is 0.264 e. The van der Waals surface area contributed by atoms with Crippen LogP contribution in [0.5, 0.6) is 5.88 Å². The van der Waals surface area contributed by atoms with E-state index in [1.165, 1.54) is 15.9 Å². The lowest BCUT2D eigenvalue weighted by molar-refractivity contribution is 0.0688. The highest BCUT2D eigenvalue weighted by Gasteiger charge is 2.21. The lowest BCUT2D eigenvalue weighted by atomic mass is 10.1. The van der Waals surface area contributed by atoms with Gasteiger partial charge in [-0.25, -0.2) is 15.0 Å². The molecule has 0 aliphatic rings. The molecule has 34 heavy (non-hydrogen) atoms. The van der Waals surface area contributed by atoms with Crippen LogP contribution in [0.2, 0.25) is 5.02 Å². The fourth-order valence-electron chi connectivity index (χ4n) is 3.39. The summed E-state index contributed by atoms with van der Waals surface area (Å²) in [6, 6.07) is 7.01. The van der Waals surface area contributed by atoms with Crippen LogP contribution in [0, 0.1) is 20.8 Å². The monoisotopic (exact) mass is 497 g/mol. The second kappa shape index (κ2) is 9.25. The summed E-state index contributed by atoms with van der Waals surface area (Å²) in [7, 11) is 0. The number of aryl methyl sites for hydroxylation is 2. The van der Waals surface area contributed by atoms with Crippen molar-refractivity contribution >= 4 is 22.9 Å². The number of aromatic nitrogens is 5. The zero-order chi connectivity index (χ0) is 24.6. The van der Waals surface area contributed by atoms with Gasteiger partial charge in [0.2, 0.25) is 5.88 Å². The van der Waals surface area contributed by atoms with E-state index in [-0.39, 0.29) is 18.0 Å². The Labute approximate surface area is 205 Å². The molecule has 4 aromatic rings. The van der Waals surface area contributed by atoms with Crippen molar-refractivity contribution in [3.63, 3.8) is 0 Å². The number of thiazole rings is 1. The second-order valence-corrected chi connectivity index (χ2v) is 9.84. The van der Waals surface area contributed by atoms with Gasteiger partial charge in [-0.3, -0.25) is 9.36 Å². The number of ether oxygens (including phenoxy) is 1. The molecule has 0 saturated heterocycles. The lowest BCUT2D eigenvalue weighted by Crippen LogP contribution is -2.25. The zero-order valence-electron chi connectivity index (χ0n) is 19.5. The van der Waals surface area contributed by atoms with E-state index in [4.69, 9.17) is 16.3 Å². The molecule has 176 valence electrons. The number of nitrogens with zero attached hydrogens (tertiary/aromatic N) is 5. The first kappa shape index (κ1) is 24.0. The van der Waals surface area contributed by atoms with Crippen molar-refractivity contribution in [2.45, 2.75) is 46.8 Å². The normalized spacial score (nSPS) is 11.6. The van der Waals surface area contributed by atoms with Gasteiger partial charge in [-0.15, -0.1) is 11.3 Å². The SMILES string of the molecule is Cc1nc(COc2nc(C)n(-c3cc(-c4ccnc(C(C)(C)O)n4)ccc3Cl)c(=O)c2C)cs1. The molecule has 0 aliphatic heterocycles. The van der Waals surface area contributed by atoms with E-state index in [0.29, 0.717) is 33.6 Å². The minimum absolute atomic E-state index is 0.231. The summed E-state index contributed by atoms with van der Waals surface area (Å²) in [5.74, 6) is 0.991. The predicted octanol–water partition coefficient (Wildman–Crippen LogP) is 4.53. The fraction of sp³-hybridized carbons (Fsp3) is 0.292. The van der Waals surface area contributed by atoms with Gasteiger partial charge in [-0.2, -0.15) is 4.98 Å². The topological polar surface area (TPSA) is 103 Å². The molecule has 0 spiro atoms. The maximum atomic E-state index is 13.3. The molecule has 10 heteroatoms. The third kappa shape index (κ3) is 4.86. The van der Waals surface area contributed by atoms with E-state index in [1.54, 1.807) is 58.2 Å². The molecule has 0 saturated carbocycles. The van der Waals surface area contributed by atoms with Gasteiger partial charge in [0.1, 0.15) is 18.0 Å². The van der Waals surface area contributed by atoms with Crippen molar-refractivity contribution in [2.75, 3.05) is 0 Å². The Balaban J connectivity index is 1.73. The van der Waals surface area contributed by atoms with Gasteiger partial charge >= 0.3 is 0 Å². The minimum Gasteiger partial charge on any atom is -0.471 e. The maximum Gasteiger partial charge on any atom is 0.264 e. The van der Waals surface area contributed by atoms with Crippen LogP contribution in [-0.4, -0.2) is 29.6 Å². The van der Waals surface area contributed by atoms with Crippen molar-refractivity contribution < 1.29 is 9.84 Å². The molecule has 0 fully saturated rings. The Kier molecular flexibility index (Phi) is 6.53. The molecule has 0 aliphatic carbocycles. The van der Waals surface area contributed by atoms with Crippen LogP contribution in [0.4, 0.5) is 0 Å². The average molecular weight is 498 g/mol. The summed E-state index contributed by atoms with van der Waals surface area (Å²) in [6.07, 6.45) is 1.59. The standard InChI is InChI=1S/C24H24ClN5O3S/c1-13-21(33-11-17-12-34-15(3)28-17)27-14(2)30(22(13)31)20-10-16(6-7-18(20)25)19-8-9-26-23(29-19)24(4,5)32/h6-10,12,32H,11H2,1-5H3. The summed E-state index contributed by atoms with van der Waals surface area (Å²) in [5.41, 5.74) is 1.47. The first-order chi connectivity index (χ1) is 16.0. The van der Waals surface area contributed by atoms with Crippen LogP contribution in [0.15, 0.2) is 40.6 Å². The average Bonchev–Trinajstić information content (AvgIpc) is 3.21. The van der Waals surface area contributed by atoms with Gasteiger partial charge < -0.3 is 9.84 Å². The Morgan fingerprint density at radius 2 is 1.91 bits per heavy atom. The number of hydrogen-bond donors (Lipinski definition) is 1. The van der Waals surface area contributed by atoms with E-state index in [0.717, 1.165) is 16.3 Å². The number of aliphatic hydroxyl groups is 1. The number of rotatable bonds is 6. The Hall–Kier alpha value is -3.14. The quantitative estimate of drug-likeness (QED) is 0.417. The summed E-state index contributed by atoms with van der Waals surface area (Å²) in [5, 5.41) is 13.5. The molecule has 3 heterocycles. The van der Waals surface area contributed by atoms with Gasteiger partial charge in [-0.05, 0) is 52.8 Å². The molecule has 4 rings (SSSR count). The molecule has 0 unspecified atom stereocenters. The highest BCUT2D eigenvalue weighted by atomic mass is 35.5. The van der Waals surface area contributed by atoms with Crippen molar-refractivity contribution in [3.8, 4) is 22.8 Å². The van der Waals surface area contributed by atoms with E-state index < -0.39 is 5.60 Å². The number of halogens is 1. The fourth-order valence-corrected chi connectivity index (χ4v) is 4.18. The van der Waals surface area contributed by atoms with E-state index >= 15 is 0 Å². The van der Waals surface area contributed by atoms with Crippen LogP contribution >= 0.6 is 22.9 Å². The summed E-state index contributed by atoms with van der Waals surface area (Å²) in [4.78, 5) is 30.9. The molecule has 1 aromatic carbocycles. The van der Waals surface area contributed by atoms with Gasteiger partial charge in [0.05, 0.1) is 32.7 Å². The zero-order valence-corrected chi connectivity index (χ0v) is 21.0. The van der Waals surface area contributed by atoms with Crippen LogP contribution in [0.25, 0.3) is 16.9 Å². The third-order valence-electron chi connectivity index (χ3n) is 5.14. The molecular weight excluding hydrogens is 474 g/mol. The highest BCUT2D eigenvalue weighted by Crippen LogP contribution is 2.28. The van der Waals surface area contributed by atoms with Crippen LogP contribution in [-0.2, 0) is 12.2 Å². The van der Waals surface area contributed by atoms with Crippen LogP contribution < -0.4 is 10.3 Å². The Bertz CT molecular complexity index is 1430. The Morgan fingerprint density at radius 3 is 2.59 bits per heavy atom. The maximum absolute atomic E-state index is 13.3. The summed E-state index contributed by atoms with van der Waals surface area (Å²) in [6.45, 7) is 8.79. The number of hydrogen-bond acceptors (Lipinski definition) is 8. The minimum atomic E-state index is -1.19. The molecule has 0 radical (unpaired) electrons. The second-order valence-electron chi connectivity index (χ2n) is 8.37. The summed E-state index contributed by atoms with van der Waals surface area (Å²) >= 11 is 8.04. The van der Waals surface area contributed by atoms with Gasteiger partial charge in [0, 0.05) is 17.1 Å². The molecule has 8 nitrogen and oxygen atoms in total. The molecule has 0 atom stereocenters. The first-order valence-electron chi connectivity index (χ1n) is 10.5. The lowest BCUT2D eigenvalue weighted by Gasteiger charge is -2.17. The molecular formula is C24H24ClN5O3S. The molecule has 0 amide bonds. The first-order valence-corrected chi connectivity index (χ1v) is 11.8. The van der Waals surface area contributed by atoms with Gasteiger partial charge in [0.25, 0.3) is 5.56 Å². The molecule has 1 N–H and O–H groups in total. The van der Waals surface area contributed by atoms with E-state index in [9.17, 15) is 9.90 Å². The van der Waals surface area contributed by atoms with Crippen molar-refractivity contribution in [1.29, 1.82) is 0 Å². The third-order valence-corrected chi connectivity index (χ3v) is 6.28. The van der Waals surface area contributed by atoms with Crippen molar-refractivity contribution in [1.82, 2.24) is 24.5 Å². The van der Waals surface area contributed by atoms with Crippen molar-refractivity contribution in [3.05, 3.63) is 79.1 Å². The summed E-state index contributed by atoms with van der Waals surface area (Å²) < 4.78 is 7.26. The Morgan fingerprint density at radius 1 is 1.15 bits per heavy atom. The number of benzene rings is 1. The van der Waals surface area contributed by atoms with E-state index in [1.807, 2.05) is 12.3 Å². The van der Waals surface area contributed by atoms with Crippen molar-refractivity contribution in [2.24, 2.45) is 0 Å². The predicted molar refractivity (Wildman–Crippen MR) is 132 cm³/mol. The highest BCUT2D eigenvalue weighted by molar-refractivity contribution is 7.09.